The van der Waals surface area contributed by atoms with Crippen LogP contribution in [0.5, 0.6) is 0 Å². The normalized spacial score (nSPS) is 13.9. The summed E-state index contributed by atoms with van der Waals surface area (Å²) in [5.74, 6) is -0.0154. The molecule has 0 saturated heterocycles. The third-order valence-corrected chi connectivity index (χ3v) is 6.06. The molecule has 1 N–H and O–H groups in total. The van der Waals surface area contributed by atoms with E-state index < -0.39 is 15.9 Å². The summed E-state index contributed by atoms with van der Waals surface area (Å²) in [6.07, 6.45) is 1.81. The van der Waals surface area contributed by atoms with Crippen LogP contribution in [-0.2, 0) is 19.4 Å². The van der Waals surface area contributed by atoms with Crippen LogP contribution in [0, 0.1) is 5.92 Å². The second kappa shape index (κ2) is 9.67. The predicted molar refractivity (Wildman–Crippen MR) is 114 cm³/mol. The quantitative estimate of drug-likeness (QED) is 0.591. The van der Waals surface area contributed by atoms with E-state index in [1.807, 2.05) is 38.1 Å². The van der Waals surface area contributed by atoms with Crippen LogP contribution in [0.15, 0.2) is 57.9 Å². The van der Waals surface area contributed by atoms with Crippen molar-refractivity contribution in [3.8, 4) is 0 Å². The van der Waals surface area contributed by atoms with Gasteiger partial charge in [-0.3, -0.25) is 10.1 Å². The number of sulfone groups is 1. The van der Waals surface area contributed by atoms with Crippen LogP contribution in [0.2, 0.25) is 0 Å². The van der Waals surface area contributed by atoms with Gasteiger partial charge in [0.2, 0.25) is 0 Å². The van der Waals surface area contributed by atoms with E-state index in [1.165, 1.54) is 13.4 Å². The second-order valence-corrected chi connectivity index (χ2v) is 10.1. The molecular formula is C21H26BrNO4S. The topological polar surface area (TPSA) is 72.5 Å². The van der Waals surface area contributed by atoms with E-state index in [1.54, 1.807) is 24.3 Å². The van der Waals surface area contributed by atoms with Gasteiger partial charge in [0.1, 0.15) is 6.04 Å². The van der Waals surface area contributed by atoms with Crippen molar-refractivity contribution in [1.82, 2.24) is 5.32 Å². The minimum Gasteiger partial charge on any atom is -0.468 e. The van der Waals surface area contributed by atoms with Crippen LogP contribution in [-0.4, -0.2) is 33.8 Å². The van der Waals surface area contributed by atoms with E-state index in [0.717, 1.165) is 15.6 Å². The number of carbonyl (C=O) groups excluding carboxylic acids is 1. The van der Waals surface area contributed by atoms with E-state index in [4.69, 9.17) is 4.74 Å². The molecule has 5 nitrogen and oxygen atoms in total. The van der Waals surface area contributed by atoms with Gasteiger partial charge in [0, 0.05) is 10.7 Å². The summed E-state index contributed by atoms with van der Waals surface area (Å²) >= 11 is 3.44. The van der Waals surface area contributed by atoms with Crippen molar-refractivity contribution in [2.45, 2.75) is 37.2 Å². The van der Waals surface area contributed by atoms with Crippen molar-refractivity contribution in [2.24, 2.45) is 5.92 Å². The van der Waals surface area contributed by atoms with Crippen LogP contribution < -0.4 is 5.32 Å². The average molecular weight is 468 g/mol. The lowest BCUT2D eigenvalue weighted by Crippen LogP contribution is -2.41. The van der Waals surface area contributed by atoms with Crippen molar-refractivity contribution in [2.75, 3.05) is 13.4 Å². The molecule has 0 aromatic heterocycles. The highest BCUT2D eigenvalue weighted by Crippen LogP contribution is 2.26. The molecule has 2 rings (SSSR count). The maximum Gasteiger partial charge on any atom is 0.322 e. The van der Waals surface area contributed by atoms with Gasteiger partial charge in [-0.25, -0.2) is 8.42 Å². The van der Waals surface area contributed by atoms with Gasteiger partial charge >= 0.3 is 5.97 Å². The summed E-state index contributed by atoms with van der Waals surface area (Å²) in [7, 11) is -1.89. The molecule has 0 amide bonds. The fraction of sp³-hybridized carbons (Fsp3) is 0.381. The Balaban J connectivity index is 2.44. The standard InChI is InChI=1S/C21H26BrNO4S/c1-14(2)13-19(21(24)27-3)23-20(15-5-9-17(22)10-6-15)16-7-11-18(12-8-16)28(4,25)26/h5-12,14,19-20,23H,13H2,1-4H3. The minimum atomic E-state index is -3.27. The fourth-order valence-corrected chi connectivity index (χ4v) is 3.89. The highest BCUT2D eigenvalue weighted by atomic mass is 79.9. The molecule has 2 aromatic carbocycles. The SMILES string of the molecule is COC(=O)C(CC(C)C)NC(c1ccc(Br)cc1)c1ccc(S(C)(=O)=O)cc1. The Morgan fingerprint density at radius 3 is 1.96 bits per heavy atom. The Morgan fingerprint density at radius 2 is 1.54 bits per heavy atom. The Hall–Kier alpha value is -1.70. The lowest BCUT2D eigenvalue weighted by Gasteiger charge is -2.26. The van der Waals surface area contributed by atoms with Crippen molar-refractivity contribution in [3.63, 3.8) is 0 Å². The number of hydrogen-bond acceptors (Lipinski definition) is 5. The first-order valence-electron chi connectivity index (χ1n) is 9.01. The second-order valence-electron chi connectivity index (χ2n) is 7.20. The van der Waals surface area contributed by atoms with Gasteiger partial charge in [0.15, 0.2) is 9.84 Å². The lowest BCUT2D eigenvalue weighted by atomic mass is 9.95. The fourth-order valence-electron chi connectivity index (χ4n) is 2.99. The van der Waals surface area contributed by atoms with Gasteiger partial charge in [-0.05, 0) is 47.7 Å². The molecule has 7 heteroatoms. The zero-order valence-corrected chi connectivity index (χ0v) is 18.9. The highest BCUT2D eigenvalue weighted by Gasteiger charge is 2.26. The number of hydrogen-bond donors (Lipinski definition) is 1. The monoisotopic (exact) mass is 467 g/mol. The molecule has 0 saturated carbocycles. The maximum atomic E-state index is 12.3. The van der Waals surface area contributed by atoms with E-state index in [-0.39, 0.29) is 16.9 Å². The van der Waals surface area contributed by atoms with Crippen molar-refractivity contribution >= 4 is 31.7 Å². The summed E-state index contributed by atoms with van der Waals surface area (Å²) in [4.78, 5) is 12.6. The molecule has 0 aliphatic heterocycles. The highest BCUT2D eigenvalue weighted by molar-refractivity contribution is 9.10. The van der Waals surface area contributed by atoms with E-state index >= 15 is 0 Å². The third-order valence-electron chi connectivity index (χ3n) is 4.41. The molecule has 28 heavy (non-hydrogen) atoms. The summed E-state index contributed by atoms with van der Waals surface area (Å²) in [5.41, 5.74) is 1.83. The molecule has 0 aliphatic carbocycles. The van der Waals surface area contributed by atoms with Gasteiger partial charge < -0.3 is 4.74 Å². The molecule has 2 atom stereocenters. The molecule has 152 valence electrons. The van der Waals surface area contributed by atoms with Crippen molar-refractivity contribution in [1.29, 1.82) is 0 Å². The number of methoxy groups -OCH3 is 1. The summed E-state index contributed by atoms with van der Waals surface area (Å²) in [6, 6.07) is 13.8. The van der Waals surface area contributed by atoms with Crippen LogP contribution in [0.25, 0.3) is 0 Å². The summed E-state index contributed by atoms with van der Waals surface area (Å²) in [5, 5.41) is 3.41. The van der Waals surface area contributed by atoms with Crippen LogP contribution in [0.4, 0.5) is 0 Å². The van der Waals surface area contributed by atoms with Gasteiger partial charge in [-0.15, -0.1) is 0 Å². The minimum absolute atomic E-state index is 0.262. The predicted octanol–water partition coefficient (Wildman–Crippen LogP) is 4.12. The number of rotatable bonds is 8. The Labute approximate surface area is 175 Å². The molecule has 0 radical (unpaired) electrons. The zero-order chi connectivity index (χ0) is 20.9. The summed E-state index contributed by atoms with van der Waals surface area (Å²) in [6.45, 7) is 4.10. The first-order valence-corrected chi connectivity index (χ1v) is 11.7. The number of ether oxygens (including phenoxy) is 1. The van der Waals surface area contributed by atoms with Gasteiger partial charge in [0.05, 0.1) is 18.0 Å². The van der Waals surface area contributed by atoms with E-state index in [9.17, 15) is 13.2 Å². The average Bonchev–Trinajstić information content (AvgIpc) is 2.64. The molecule has 2 unspecified atom stereocenters. The van der Waals surface area contributed by atoms with Gasteiger partial charge in [-0.2, -0.15) is 0 Å². The number of benzene rings is 2. The van der Waals surface area contributed by atoms with Gasteiger partial charge in [0.25, 0.3) is 0 Å². The molecule has 0 aliphatic rings. The third kappa shape index (κ3) is 6.15. The first-order chi connectivity index (χ1) is 13.1. The summed E-state index contributed by atoms with van der Waals surface area (Å²) < 4.78 is 29.5. The number of esters is 1. The van der Waals surface area contributed by atoms with Crippen molar-refractivity contribution in [3.05, 3.63) is 64.1 Å². The Bertz CT molecular complexity index is 893. The van der Waals surface area contributed by atoms with Crippen LogP contribution >= 0.6 is 15.9 Å². The smallest absolute Gasteiger partial charge is 0.322 e. The molecule has 0 heterocycles. The Kier molecular flexibility index (Phi) is 7.80. The molecule has 0 fully saturated rings. The van der Waals surface area contributed by atoms with Crippen LogP contribution in [0.1, 0.15) is 37.4 Å². The molecule has 2 aromatic rings. The van der Waals surface area contributed by atoms with Crippen LogP contribution in [0.3, 0.4) is 0 Å². The van der Waals surface area contributed by atoms with E-state index in [2.05, 4.69) is 21.2 Å². The van der Waals surface area contributed by atoms with Crippen molar-refractivity contribution < 1.29 is 17.9 Å². The molecule has 0 bridgehead atoms. The van der Waals surface area contributed by atoms with E-state index in [0.29, 0.717) is 12.3 Å². The molecular weight excluding hydrogens is 442 g/mol. The molecule has 0 spiro atoms. The Morgan fingerprint density at radius 1 is 1.04 bits per heavy atom. The number of carbonyl (C=O) groups is 1. The van der Waals surface area contributed by atoms with Gasteiger partial charge in [-0.1, -0.05) is 54.0 Å². The number of nitrogens with one attached hydrogen (secondary N) is 1. The lowest BCUT2D eigenvalue weighted by molar-refractivity contribution is -0.143. The largest absolute Gasteiger partial charge is 0.468 e. The zero-order valence-electron chi connectivity index (χ0n) is 16.5. The number of halogens is 1. The maximum absolute atomic E-state index is 12.3. The first kappa shape index (κ1) is 22.6.